The molecule has 7 heteroatoms. The molecular formula is C13H18N4O2S. The van der Waals surface area contributed by atoms with Gasteiger partial charge in [0.2, 0.25) is 10.0 Å². The number of nitrogens with zero attached hydrogens (tertiary/aromatic N) is 4. The molecule has 1 fully saturated rings. The van der Waals surface area contributed by atoms with Crippen molar-refractivity contribution in [2.45, 2.75) is 37.6 Å². The van der Waals surface area contributed by atoms with Crippen molar-refractivity contribution in [1.29, 1.82) is 0 Å². The van der Waals surface area contributed by atoms with Crippen LogP contribution in [0.4, 0.5) is 0 Å². The minimum atomic E-state index is -3.45. The first-order valence-electron chi connectivity index (χ1n) is 6.57. The quantitative estimate of drug-likeness (QED) is 0.487. The van der Waals surface area contributed by atoms with Crippen LogP contribution in [-0.2, 0) is 10.0 Å². The lowest BCUT2D eigenvalue weighted by molar-refractivity contribution is 0.319. The van der Waals surface area contributed by atoms with E-state index in [4.69, 9.17) is 5.53 Å². The molecule has 0 saturated carbocycles. The Morgan fingerprint density at radius 1 is 1.30 bits per heavy atom. The van der Waals surface area contributed by atoms with Gasteiger partial charge in [0.25, 0.3) is 0 Å². The zero-order valence-corrected chi connectivity index (χ0v) is 12.5. The maximum atomic E-state index is 12.6. The summed E-state index contributed by atoms with van der Waals surface area (Å²) in [4.78, 5) is 3.15. The van der Waals surface area contributed by atoms with Crippen LogP contribution in [-0.4, -0.2) is 31.9 Å². The number of sulfonamides is 1. The van der Waals surface area contributed by atoms with Gasteiger partial charge in [0.1, 0.15) is 0 Å². The van der Waals surface area contributed by atoms with Gasteiger partial charge in [-0.3, -0.25) is 0 Å². The summed E-state index contributed by atoms with van der Waals surface area (Å²) in [5.74, 6) is 0. The van der Waals surface area contributed by atoms with E-state index in [2.05, 4.69) is 10.0 Å². The van der Waals surface area contributed by atoms with Crippen LogP contribution in [0, 0.1) is 13.8 Å². The molecule has 2 rings (SSSR count). The number of rotatable bonds is 3. The predicted octanol–water partition coefficient (Wildman–Crippen LogP) is 2.77. The third kappa shape index (κ3) is 2.95. The van der Waals surface area contributed by atoms with E-state index < -0.39 is 10.0 Å². The van der Waals surface area contributed by atoms with Gasteiger partial charge in [-0.05, 0) is 43.9 Å². The SMILES string of the molecule is Cc1ccc(S(=O)(=O)N2CCC(N=[N+]=[N-])CC2)c(C)c1. The Hall–Kier alpha value is -1.56. The molecule has 108 valence electrons. The maximum Gasteiger partial charge on any atom is 0.243 e. The Kier molecular flexibility index (Phi) is 4.32. The second-order valence-electron chi connectivity index (χ2n) is 5.11. The van der Waals surface area contributed by atoms with Crippen molar-refractivity contribution in [1.82, 2.24) is 4.31 Å². The lowest BCUT2D eigenvalue weighted by atomic mass is 10.1. The van der Waals surface area contributed by atoms with Crippen molar-refractivity contribution in [3.8, 4) is 0 Å². The highest BCUT2D eigenvalue weighted by Gasteiger charge is 2.29. The number of benzene rings is 1. The molecule has 1 aromatic carbocycles. The standard InChI is InChI=1S/C13H18N4O2S/c1-10-3-4-13(11(2)9-10)20(18,19)17-7-5-12(6-8-17)15-16-14/h3-4,9,12H,5-8H2,1-2H3. The summed E-state index contributed by atoms with van der Waals surface area (Å²) in [5, 5.41) is 3.66. The first-order chi connectivity index (χ1) is 9.45. The molecule has 0 amide bonds. The lowest BCUT2D eigenvalue weighted by Gasteiger charge is -2.29. The van der Waals surface area contributed by atoms with Gasteiger partial charge in [-0.2, -0.15) is 4.31 Å². The highest BCUT2D eigenvalue weighted by Crippen LogP contribution is 2.24. The third-order valence-electron chi connectivity index (χ3n) is 3.59. The summed E-state index contributed by atoms with van der Waals surface area (Å²) in [6.07, 6.45) is 1.16. The molecule has 0 unspecified atom stereocenters. The van der Waals surface area contributed by atoms with E-state index in [1.165, 1.54) is 4.31 Å². The van der Waals surface area contributed by atoms with E-state index >= 15 is 0 Å². The summed E-state index contributed by atoms with van der Waals surface area (Å²) in [5.41, 5.74) is 10.2. The predicted molar refractivity (Wildman–Crippen MR) is 76.8 cm³/mol. The van der Waals surface area contributed by atoms with Crippen molar-refractivity contribution >= 4 is 10.0 Å². The van der Waals surface area contributed by atoms with Crippen LogP contribution < -0.4 is 0 Å². The Labute approximate surface area is 119 Å². The molecule has 1 aromatic rings. The molecule has 0 spiro atoms. The molecule has 1 aliphatic heterocycles. The molecule has 0 N–H and O–H groups in total. The molecule has 0 bridgehead atoms. The van der Waals surface area contributed by atoms with Crippen molar-refractivity contribution in [2.75, 3.05) is 13.1 Å². The fourth-order valence-corrected chi connectivity index (χ4v) is 4.17. The monoisotopic (exact) mass is 294 g/mol. The zero-order valence-electron chi connectivity index (χ0n) is 11.7. The molecule has 6 nitrogen and oxygen atoms in total. The Balaban J connectivity index is 2.21. The van der Waals surface area contributed by atoms with Crippen LogP contribution in [0.5, 0.6) is 0 Å². The van der Waals surface area contributed by atoms with Crippen molar-refractivity contribution in [3.05, 3.63) is 39.8 Å². The molecule has 1 heterocycles. The van der Waals surface area contributed by atoms with Gasteiger partial charge in [0, 0.05) is 24.0 Å². The average Bonchev–Trinajstić information content (AvgIpc) is 2.39. The third-order valence-corrected chi connectivity index (χ3v) is 5.65. The van der Waals surface area contributed by atoms with Crippen molar-refractivity contribution in [2.24, 2.45) is 5.11 Å². The van der Waals surface area contributed by atoms with Crippen molar-refractivity contribution < 1.29 is 8.42 Å². The highest BCUT2D eigenvalue weighted by atomic mass is 32.2. The Bertz CT molecular complexity index is 642. The maximum absolute atomic E-state index is 12.6. The first kappa shape index (κ1) is 14.8. The minimum absolute atomic E-state index is 0.0921. The molecule has 20 heavy (non-hydrogen) atoms. The molecule has 0 aliphatic carbocycles. The summed E-state index contributed by atoms with van der Waals surface area (Å²) < 4.78 is 26.7. The first-order valence-corrected chi connectivity index (χ1v) is 8.01. The van der Waals surface area contributed by atoms with Gasteiger partial charge in [0.15, 0.2) is 0 Å². The van der Waals surface area contributed by atoms with Crippen LogP contribution in [0.25, 0.3) is 10.4 Å². The molecule has 0 radical (unpaired) electrons. The topological polar surface area (TPSA) is 86.1 Å². The van der Waals surface area contributed by atoms with Gasteiger partial charge < -0.3 is 0 Å². The zero-order chi connectivity index (χ0) is 14.8. The number of piperidine rings is 1. The highest BCUT2D eigenvalue weighted by molar-refractivity contribution is 7.89. The van der Waals surface area contributed by atoms with E-state index in [1.807, 2.05) is 26.0 Å². The van der Waals surface area contributed by atoms with E-state index in [9.17, 15) is 8.42 Å². The molecule has 0 aromatic heterocycles. The second kappa shape index (κ2) is 5.83. The lowest BCUT2D eigenvalue weighted by Crippen LogP contribution is -2.39. The summed E-state index contributed by atoms with van der Waals surface area (Å²) in [6, 6.07) is 5.26. The van der Waals surface area contributed by atoms with E-state index in [0.29, 0.717) is 30.8 Å². The molecule has 1 saturated heterocycles. The average molecular weight is 294 g/mol. The van der Waals surface area contributed by atoms with Crippen LogP contribution in [0.2, 0.25) is 0 Å². The fraction of sp³-hybridized carbons (Fsp3) is 0.538. The van der Waals surface area contributed by atoms with E-state index in [-0.39, 0.29) is 6.04 Å². The van der Waals surface area contributed by atoms with Gasteiger partial charge >= 0.3 is 0 Å². The van der Waals surface area contributed by atoms with Crippen molar-refractivity contribution in [3.63, 3.8) is 0 Å². The van der Waals surface area contributed by atoms with E-state index in [0.717, 1.165) is 11.1 Å². The summed E-state index contributed by atoms with van der Waals surface area (Å²) >= 11 is 0. The normalized spacial score (nSPS) is 17.7. The van der Waals surface area contributed by atoms with Gasteiger partial charge in [-0.1, -0.05) is 22.8 Å². The smallest absolute Gasteiger partial charge is 0.207 e. The summed E-state index contributed by atoms with van der Waals surface area (Å²) in [6.45, 7) is 4.56. The molecular weight excluding hydrogens is 276 g/mol. The summed E-state index contributed by atoms with van der Waals surface area (Å²) in [7, 11) is -3.45. The number of aryl methyl sites for hydroxylation is 2. The Morgan fingerprint density at radius 2 is 1.95 bits per heavy atom. The fourth-order valence-electron chi connectivity index (χ4n) is 2.50. The van der Waals surface area contributed by atoms with Crippen LogP contribution >= 0.6 is 0 Å². The van der Waals surface area contributed by atoms with Crippen LogP contribution in [0.3, 0.4) is 0 Å². The largest absolute Gasteiger partial charge is 0.243 e. The Morgan fingerprint density at radius 3 is 2.50 bits per heavy atom. The van der Waals surface area contributed by atoms with Gasteiger partial charge in [-0.15, -0.1) is 0 Å². The minimum Gasteiger partial charge on any atom is -0.207 e. The van der Waals surface area contributed by atoms with Crippen LogP contribution in [0.15, 0.2) is 28.2 Å². The van der Waals surface area contributed by atoms with E-state index in [1.54, 1.807) is 6.07 Å². The number of hydrogen-bond acceptors (Lipinski definition) is 3. The number of hydrogen-bond donors (Lipinski definition) is 0. The molecule has 1 aliphatic rings. The second-order valence-corrected chi connectivity index (χ2v) is 7.02. The molecule has 0 atom stereocenters. The van der Waals surface area contributed by atoms with Gasteiger partial charge in [-0.25, -0.2) is 8.42 Å². The van der Waals surface area contributed by atoms with Gasteiger partial charge in [0.05, 0.1) is 4.90 Å². The van der Waals surface area contributed by atoms with Crippen LogP contribution in [0.1, 0.15) is 24.0 Å². The number of azide groups is 1.